The second kappa shape index (κ2) is 4.20. The molecule has 10 heavy (non-hydrogen) atoms. The Labute approximate surface area is 68.4 Å². The van der Waals surface area contributed by atoms with Crippen molar-refractivity contribution < 1.29 is 0 Å². The van der Waals surface area contributed by atoms with Gasteiger partial charge in [-0.3, -0.25) is 0 Å². The molecule has 0 saturated carbocycles. The first-order valence-electron chi connectivity index (χ1n) is 4.11. The van der Waals surface area contributed by atoms with Crippen LogP contribution in [0.5, 0.6) is 0 Å². The number of rotatable bonds is 2. The van der Waals surface area contributed by atoms with Gasteiger partial charge in [0, 0.05) is 19.0 Å². The summed E-state index contributed by atoms with van der Waals surface area (Å²) in [7, 11) is 0. The maximum atomic E-state index is 5.64. The molecule has 0 spiro atoms. The van der Waals surface area contributed by atoms with Gasteiger partial charge in [-0.2, -0.15) is 0 Å². The van der Waals surface area contributed by atoms with E-state index in [0.717, 1.165) is 18.3 Å². The van der Waals surface area contributed by atoms with Crippen LogP contribution in [0, 0.1) is 5.92 Å². The molecule has 0 aliphatic carbocycles. The highest BCUT2D eigenvalue weighted by Crippen LogP contribution is 2.14. The first-order chi connectivity index (χ1) is 4.83. The van der Waals surface area contributed by atoms with Crippen molar-refractivity contribution in [3.8, 4) is 0 Å². The van der Waals surface area contributed by atoms with E-state index in [1.807, 2.05) is 0 Å². The van der Waals surface area contributed by atoms with E-state index in [1.165, 1.54) is 25.9 Å². The van der Waals surface area contributed by atoms with Crippen molar-refractivity contribution in [1.82, 2.24) is 4.90 Å². The fourth-order valence-electron chi connectivity index (χ4n) is 1.61. The van der Waals surface area contributed by atoms with Gasteiger partial charge in [0.05, 0.1) is 0 Å². The number of piperidine rings is 1. The summed E-state index contributed by atoms with van der Waals surface area (Å²) < 4.78 is 0. The summed E-state index contributed by atoms with van der Waals surface area (Å²) in [5, 5.41) is 0. The number of halogens is 1. The SMILES string of the molecule is C[C@H]1CCCN(CCCl)C1. The average molecular weight is 162 g/mol. The van der Waals surface area contributed by atoms with E-state index in [4.69, 9.17) is 11.6 Å². The minimum atomic E-state index is 0.784. The third-order valence-corrected chi connectivity index (χ3v) is 2.31. The normalized spacial score (nSPS) is 28.8. The Hall–Kier alpha value is 0.250. The zero-order chi connectivity index (χ0) is 7.40. The second-order valence-corrected chi connectivity index (χ2v) is 3.61. The summed E-state index contributed by atoms with van der Waals surface area (Å²) in [4.78, 5) is 2.46. The van der Waals surface area contributed by atoms with Gasteiger partial charge in [0.25, 0.3) is 0 Å². The van der Waals surface area contributed by atoms with E-state index in [-0.39, 0.29) is 0 Å². The van der Waals surface area contributed by atoms with Gasteiger partial charge < -0.3 is 4.90 Å². The fourth-order valence-corrected chi connectivity index (χ4v) is 1.85. The monoisotopic (exact) mass is 161 g/mol. The molecule has 0 radical (unpaired) electrons. The summed E-state index contributed by atoms with van der Waals surface area (Å²) in [6.07, 6.45) is 2.76. The molecule has 0 aromatic heterocycles. The highest BCUT2D eigenvalue weighted by molar-refractivity contribution is 6.18. The Morgan fingerprint density at radius 3 is 3.00 bits per heavy atom. The maximum absolute atomic E-state index is 5.64. The minimum Gasteiger partial charge on any atom is -0.302 e. The molecule has 1 saturated heterocycles. The molecule has 1 atom stereocenters. The standard InChI is InChI=1S/C8H16ClN/c1-8-3-2-5-10(7-8)6-4-9/h8H,2-7H2,1H3/t8-/m0/s1. The maximum Gasteiger partial charge on any atom is 0.0351 e. The van der Waals surface area contributed by atoms with Crippen LogP contribution < -0.4 is 0 Å². The molecule has 0 N–H and O–H groups in total. The molecule has 0 bridgehead atoms. The van der Waals surface area contributed by atoms with E-state index in [0.29, 0.717) is 0 Å². The van der Waals surface area contributed by atoms with Gasteiger partial charge in [0.2, 0.25) is 0 Å². The van der Waals surface area contributed by atoms with E-state index in [2.05, 4.69) is 11.8 Å². The second-order valence-electron chi connectivity index (χ2n) is 3.24. The van der Waals surface area contributed by atoms with Gasteiger partial charge in [-0.15, -0.1) is 11.6 Å². The topological polar surface area (TPSA) is 3.24 Å². The smallest absolute Gasteiger partial charge is 0.0351 e. The largest absolute Gasteiger partial charge is 0.302 e. The third kappa shape index (κ3) is 2.47. The summed E-state index contributed by atoms with van der Waals surface area (Å²) >= 11 is 5.64. The zero-order valence-corrected chi connectivity index (χ0v) is 7.40. The lowest BCUT2D eigenvalue weighted by Gasteiger charge is -2.29. The van der Waals surface area contributed by atoms with Gasteiger partial charge >= 0.3 is 0 Å². The fraction of sp³-hybridized carbons (Fsp3) is 1.00. The van der Waals surface area contributed by atoms with Gasteiger partial charge in [0.15, 0.2) is 0 Å². The lowest BCUT2D eigenvalue weighted by atomic mass is 10.0. The summed E-state index contributed by atoms with van der Waals surface area (Å²) in [5.41, 5.74) is 0. The Bertz CT molecular complexity index is 93.3. The van der Waals surface area contributed by atoms with Crippen LogP contribution in [0.3, 0.4) is 0 Å². The molecule has 1 nitrogen and oxygen atoms in total. The summed E-state index contributed by atoms with van der Waals surface area (Å²) in [5.74, 6) is 1.67. The number of hydrogen-bond donors (Lipinski definition) is 0. The van der Waals surface area contributed by atoms with Crippen LogP contribution in [-0.4, -0.2) is 30.4 Å². The van der Waals surface area contributed by atoms with Crippen LogP contribution in [0.2, 0.25) is 0 Å². The minimum absolute atomic E-state index is 0.784. The van der Waals surface area contributed by atoms with Crippen LogP contribution in [0.15, 0.2) is 0 Å². The number of hydrogen-bond acceptors (Lipinski definition) is 1. The molecular weight excluding hydrogens is 146 g/mol. The highest BCUT2D eigenvalue weighted by Gasteiger charge is 2.14. The van der Waals surface area contributed by atoms with Gasteiger partial charge in [-0.1, -0.05) is 6.92 Å². The molecular formula is C8H16ClN. The highest BCUT2D eigenvalue weighted by atomic mass is 35.5. The summed E-state index contributed by atoms with van der Waals surface area (Å²) in [6, 6.07) is 0. The van der Waals surface area contributed by atoms with Crippen LogP contribution in [0.1, 0.15) is 19.8 Å². The molecule has 1 heterocycles. The molecule has 0 aromatic rings. The van der Waals surface area contributed by atoms with Crippen molar-refractivity contribution >= 4 is 11.6 Å². The molecule has 1 aliphatic heterocycles. The molecule has 60 valence electrons. The molecule has 1 aliphatic rings. The van der Waals surface area contributed by atoms with Crippen molar-refractivity contribution in [2.24, 2.45) is 5.92 Å². The van der Waals surface area contributed by atoms with Crippen LogP contribution in [0.4, 0.5) is 0 Å². The zero-order valence-electron chi connectivity index (χ0n) is 6.65. The molecule has 0 unspecified atom stereocenters. The summed E-state index contributed by atoms with van der Waals surface area (Å²) in [6.45, 7) is 5.91. The molecule has 2 heteroatoms. The van der Waals surface area contributed by atoms with Crippen molar-refractivity contribution in [1.29, 1.82) is 0 Å². The van der Waals surface area contributed by atoms with Gasteiger partial charge in [0.1, 0.15) is 0 Å². The van der Waals surface area contributed by atoms with Crippen molar-refractivity contribution in [2.45, 2.75) is 19.8 Å². The first-order valence-corrected chi connectivity index (χ1v) is 4.64. The van der Waals surface area contributed by atoms with Crippen molar-refractivity contribution in [3.63, 3.8) is 0 Å². The Kier molecular flexibility index (Phi) is 3.50. The van der Waals surface area contributed by atoms with Crippen molar-refractivity contribution in [3.05, 3.63) is 0 Å². The Balaban J connectivity index is 2.18. The number of nitrogens with zero attached hydrogens (tertiary/aromatic N) is 1. The van der Waals surface area contributed by atoms with Gasteiger partial charge in [-0.25, -0.2) is 0 Å². The van der Waals surface area contributed by atoms with E-state index in [9.17, 15) is 0 Å². The number of alkyl halides is 1. The number of likely N-dealkylation sites (tertiary alicyclic amines) is 1. The predicted octanol–water partition coefficient (Wildman–Crippen LogP) is 1.96. The third-order valence-electron chi connectivity index (χ3n) is 2.14. The average Bonchev–Trinajstić information content (AvgIpc) is 1.88. The molecule has 1 rings (SSSR count). The quantitative estimate of drug-likeness (QED) is 0.560. The molecule has 0 aromatic carbocycles. The molecule has 1 fully saturated rings. The van der Waals surface area contributed by atoms with Crippen LogP contribution in [0.25, 0.3) is 0 Å². The van der Waals surface area contributed by atoms with Crippen LogP contribution >= 0.6 is 11.6 Å². The van der Waals surface area contributed by atoms with E-state index < -0.39 is 0 Å². The Morgan fingerprint density at radius 1 is 1.60 bits per heavy atom. The predicted molar refractivity (Wildman–Crippen MR) is 45.6 cm³/mol. The van der Waals surface area contributed by atoms with Crippen molar-refractivity contribution in [2.75, 3.05) is 25.5 Å². The Morgan fingerprint density at radius 2 is 2.40 bits per heavy atom. The van der Waals surface area contributed by atoms with E-state index >= 15 is 0 Å². The molecule has 0 amide bonds. The van der Waals surface area contributed by atoms with E-state index in [1.54, 1.807) is 0 Å². The van der Waals surface area contributed by atoms with Crippen LogP contribution in [-0.2, 0) is 0 Å². The first kappa shape index (κ1) is 8.35. The van der Waals surface area contributed by atoms with Gasteiger partial charge in [-0.05, 0) is 25.3 Å². The lowest BCUT2D eigenvalue weighted by Crippen LogP contribution is -2.35. The lowest BCUT2D eigenvalue weighted by molar-refractivity contribution is 0.194.